The molecule has 0 bridgehead atoms. The molecule has 3 nitrogen and oxygen atoms in total. The highest BCUT2D eigenvalue weighted by atomic mass is 32.2. The second kappa shape index (κ2) is 6.56. The fourth-order valence-corrected chi connectivity index (χ4v) is 3.02. The van der Waals surface area contributed by atoms with Crippen LogP contribution in [0.1, 0.15) is 25.0 Å². The number of benzene rings is 1. The maximum atomic E-state index is 12.7. The van der Waals surface area contributed by atoms with Crippen molar-refractivity contribution in [3.05, 3.63) is 40.3 Å². The highest BCUT2D eigenvalue weighted by Gasteiger charge is 2.30. The van der Waals surface area contributed by atoms with Crippen molar-refractivity contribution in [3.8, 4) is 0 Å². The summed E-state index contributed by atoms with van der Waals surface area (Å²) in [7, 11) is 0. The molecule has 0 radical (unpaired) electrons. The van der Waals surface area contributed by atoms with Gasteiger partial charge >= 0.3 is 6.18 Å². The summed E-state index contributed by atoms with van der Waals surface area (Å²) in [5.74, 6) is -0.413. The third-order valence-electron chi connectivity index (χ3n) is 3.15. The standard InChI is InChI=1S/C15H15F3N2OS/c1-3-20(4-2)14-19-13(21)12(22-14)9-10-6-5-7-11(8-10)15(16,17)18/h5-9H,3-4H2,1-2H3. The number of hydrogen-bond donors (Lipinski definition) is 0. The van der Waals surface area contributed by atoms with Gasteiger partial charge in [-0.2, -0.15) is 18.2 Å². The average molecular weight is 328 g/mol. The number of rotatable bonds is 3. The van der Waals surface area contributed by atoms with E-state index in [1.54, 1.807) is 0 Å². The number of amides is 1. The first-order valence-corrected chi connectivity index (χ1v) is 7.61. The Labute approximate surface area is 130 Å². The number of hydrogen-bond acceptors (Lipinski definition) is 3. The van der Waals surface area contributed by atoms with Gasteiger partial charge < -0.3 is 4.90 Å². The van der Waals surface area contributed by atoms with Gasteiger partial charge in [-0.3, -0.25) is 4.79 Å². The zero-order valence-electron chi connectivity index (χ0n) is 12.1. The quantitative estimate of drug-likeness (QED) is 0.786. The SMILES string of the molecule is CCN(CC)C1=NC(=O)C(=Cc2cccc(C(F)(F)F)c2)S1. The fourth-order valence-electron chi connectivity index (χ4n) is 1.98. The minimum atomic E-state index is -4.40. The van der Waals surface area contributed by atoms with Crippen LogP contribution in [0, 0.1) is 0 Å². The summed E-state index contributed by atoms with van der Waals surface area (Å²) >= 11 is 1.19. The molecule has 0 saturated carbocycles. The normalized spacial score (nSPS) is 17.0. The van der Waals surface area contributed by atoms with Crippen LogP contribution in [0.25, 0.3) is 6.08 Å². The highest BCUT2D eigenvalue weighted by Crippen LogP contribution is 2.32. The first-order chi connectivity index (χ1) is 10.3. The Kier molecular flexibility index (Phi) is 4.95. The Balaban J connectivity index is 2.24. The number of alkyl halides is 3. The number of carbonyl (C=O) groups excluding carboxylic acids is 1. The smallest absolute Gasteiger partial charge is 0.351 e. The summed E-state index contributed by atoms with van der Waals surface area (Å²) in [6, 6.07) is 4.89. The molecule has 118 valence electrons. The minimum absolute atomic E-state index is 0.334. The first kappa shape index (κ1) is 16.6. The zero-order valence-corrected chi connectivity index (χ0v) is 13.0. The van der Waals surface area contributed by atoms with Crippen LogP contribution in [-0.2, 0) is 11.0 Å². The van der Waals surface area contributed by atoms with E-state index in [4.69, 9.17) is 0 Å². The lowest BCUT2D eigenvalue weighted by atomic mass is 10.1. The van der Waals surface area contributed by atoms with Gasteiger partial charge in [-0.25, -0.2) is 0 Å². The summed E-state index contributed by atoms with van der Waals surface area (Å²) < 4.78 is 38.1. The average Bonchev–Trinajstić information content (AvgIpc) is 2.81. The van der Waals surface area contributed by atoms with Crippen molar-refractivity contribution >= 4 is 28.9 Å². The van der Waals surface area contributed by atoms with Crippen molar-refractivity contribution in [3.63, 3.8) is 0 Å². The Morgan fingerprint density at radius 3 is 2.55 bits per heavy atom. The molecule has 7 heteroatoms. The van der Waals surface area contributed by atoms with E-state index in [9.17, 15) is 18.0 Å². The zero-order chi connectivity index (χ0) is 16.3. The van der Waals surface area contributed by atoms with Crippen molar-refractivity contribution in [2.45, 2.75) is 20.0 Å². The predicted octanol–water partition coefficient (Wildman–Crippen LogP) is 4.02. The Hall–Kier alpha value is -1.76. The molecule has 0 N–H and O–H groups in total. The number of amidine groups is 1. The molecule has 1 amide bonds. The molecule has 0 saturated heterocycles. The van der Waals surface area contributed by atoms with E-state index < -0.39 is 17.6 Å². The van der Waals surface area contributed by atoms with Crippen LogP contribution < -0.4 is 0 Å². The summed E-state index contributed by atoms with van der Waals surface area (Å²) in [5.41, 5.74) is -0.399. The monoisotopic (exact) mass is 328 g/mol. The maximum absolute atomic E-state index is 12.7. The number of thioether (sulfide) groups is 1. The van der Waals surface area contributed by atoms with Crippen LogP contribution in [0.4, 0.5) is 13.2 Å². The lowest BCUT2D eigenvalue weighted by Gasteiger charge is -2.18. The van der Waals surface area contributed by atoms with Gasteiger partial charge in [0.15, 0.2) is 5.17 Å². The third-order valence-corrected chi connectivity index (χ3v) is 4.20. The molecule has 22 heavy (non-hydrogen) atoms. The lowest BCUT2D eigenvalue weighted by Crippen LogP contribution is -2.26. The molecule has 1 aromatic rings. The van der Waals surface area contributed by atoms with Gasteiger partial charge in [-0.15, -0.1) is 0 Å². The van der Waals surface area contributed by atoms with Gasteiger partial charge in [-0.05, 0) is 49.4 Å². The van der Waals surface area contributed by atoms with E-state index in [0.29, 0.717) is 28.7 Å². The molecule has 0 atom stereocenters. The van der Waals surface area contributed by atoms with Crippen LogP contribution >= 0.6 is 11.8 Å². The van der Waals surface area contributed by atoms with E-state index in [-0.39, 0.29) is 0 Å². The van der Waals surface area contributed by atoms with Crippen molar-refractivity contribution in [2.24, 2.45) is 4.99 Å². The third kappa shape index (κ3) is 3.71. The summed E-state index contributed by atoms with van der Waals surface area (Å²) in [5, 5.41) is 0.591. The minimum Gasteiger partial charge on any atom is -0.351 e. The van der Waals surface area contributed by atoms with E-state index >= 15 is 0 Å². The number of nitrogens with zero attached hydrogens (tertiary/aromatic N) is 2. The number of carbonyl (C=O) groups is 1. The van der Waals surface area contributed by atoms with Crippen molar-refractivity contribution < 1.29 is 18.0 Å². The number of aliphatic imine (C=N–C) groups is 1. The molecule has 0 fully saturated rings. The van der Waals surface area contributed by atoms with Gasteiger partial charge in [0.2, 0.25) is 0 Å². The highest BCUT2D eigenvalue weighted by molar-refractivity contribution is 8.18. The predicted molar refractivity (Wildman–Crippen MR) is 82.4 cm³/mol. The molecule has 0 aliphatic carbocycles. The lowest BCUT2D eigenvalue weighted by molar-refractivity contribution is -0.137. The van der Waals surface area contributed by atoms with Crippen LogP contribution in [0.3, 0.4) is 0 Å². The van der Waals surface area contributed by atoms with Crippen LogP contribution in [-0.4, -0.2) is 29.1 Å². The molecular weight excluding hydrogens is 313 g/mol. The molecule has 0 spiro atoms. The molecule has 0 unspecified atom stereocenters. The Morgan fingerprint density at radius 2 is 1.95 bits per heavy atom. The van der Waals surface area contributed by atoms with E-state index in [1.165, 1.54) is 30.0 Å². The van der Waals surface area contributed by atoms with Crippen LogP contribution in [0.2, 0.25) is 0 Å². The number of halogens is 3. The van der Waals surface area contributed by atoms with Gasteiger partial charge in [0.1, 0.15) is 0 Å². The molecule has 1 aliphatic rings. The molecule has 1 aromatic carbocycles. The van der Waals surface area contributed by atoms with E-state index in [0.717, 1.165) is 12.1 Å². The van der Waals surface area contributed by atoms with Gasteiger partial charge in [-0.1, -0.05) is 12.1 Å². The van der Waals surface area contributed by atoms with Crippen molar-refractivity contribution in [1.29, 1.82) is 0 Å². The topological polar surface area (TPSA) is 32.7 Å². The molecule has 2 rings (SSSR count). The summed E-state index contributed by atoms with van der Waals surface area (Å²) in [4.78, 5) is 18.1. The molecule has 1 aliphatic heterocycles. The van der Waals surface area contributed by atoms with Gasteiger partial charge in [0.05, 0.1) is 10.5 Å². The second-order valence-corrected chi connectivity index (χ2v) is 5.61. The van der Waals surface area contributed by atoms with Crippen molar-refractivity contribution in [1.82, 2.24) is 4.90 Å². The Bertz CT molecular complexity index is 634. The largest absolute Gasteiger partial charge is 0.416 e. The van der Waals surface area contributed by atoms with Gasteiger partial charge in [0, 0.05) is 13.1 Å². The Morgan fingerprint density at radius 1 is 1.27 bits per heavy atom. The van der Waals surface area contributed by atoms with Crippen LogP contribution in [0.15, 0.2) is 34.2 Å². The van der Waals surface area contributed by atoms with E-state index in [2.05, 4.69) is 4.99 Å². The molecular formula is C15H15F3N2OS. The summed E-state index contributed by atoms with van der Waals surface area (Å²) in [6.45, 7) is 5.33. The van der Waals surface area contributed by atoms with Crippen LogP contribution in [0.5, 0.6) is 0 Å². The van der Waals surface area contributed by atoms with Gasteiger partial charge in [0.25, 0.3) is 5.91 Å². The van der Waals surface area contributed by atoms with E-state index in [1.807, 2.05) is 18.7 Å². The van der Waals surface area contributed by atoms with Crippen molar-refractivity contribution in [2.75, 3.05) is 13.1 Å². The molecule has 0 aromatic heterocycles. The fraction of sp³-hybridized carbons (Fsp3) is 0.333. The maximum Gasteiger partial charge on any atom is 0.416 e. The molecule has 1 heterocycles. The summed E-state index contributed by atoms with van der Waals surface area (Å²) in [6.07, 6.45) is -2.95. The second-order valence-electron chi connectivity index (χ2n) is 4.61. The first-order valence-electron chi connectivity index (χ1n) is 6.80.